The molecule has 0 saturated heterocycles. The fraction of sp³-hybridized carbons (Fsp3) is 0.286. The molecule has 0 aliphatic rings. The molecular weight excluding hydrogens is 232 g/mol. The summed E-state index contributed by atoms with van der Waals surface area (Å²) in [5.74, 6) is -0.645. The average Bonchev–Trinajstić information content (AvgIpc) is 2.39. The SMILES string of the molecule is CCOC(=O)c1cccc(C=CCC(=O)OC)c1. The van der Waals surface area contributed by atoms with E-state index in [0.717, 1.165) is 5.56 Å². The Bertz CT molecular complexity index is 449. The van der Waals surface area contributed by atoms with E-state index in [1.165, 1.54) is 7.11 Å². The summed E-state index contributed by atoms with van der Waals surface area (Å²) in [7, 11) is 1.34. The highest BCUT2D eigenvalue weighted by Crippen LogP contribution is 2.09. The van der Waals surface area contributed by atoms with E-state index in [9.17, 15) is 9.59 Å². The van der Waals surface area contributed by atoms with Crippen molar-refractivity contribution in [2.45, 2.75) is 13.3 Å². The standard InChI is InChI=1S/C14H16O4/c1-3-18-14(16)12-8-4-6-11(10-12)7-5-9-13(15)17-2/h4-8,10H,3,9H2,1-2H3. The van der Waals surface area contributed by atoms with Crippen molar-refractivity contribution >= 4 is 18.0 Å². The van der Waals surface area contributed by atoms with Crippen molar-refractivity contribution < 1.29 is 19.1 Å². The predicted octanol–water partition coefficient (Wildman–Crippen LogP) is 2.44. The van der Waals surface area contributed by atoms with Crippen LogP contribution in [-0.4, -0.2) is 25.7 Å². The summed E-state index contributed by atoms with van der Waals surface area (Å²) in [5.41, 5.74) is 1.33. The van der Waals surface area contributed by atoms with Gasteiger partial charge in [0, 0.05) is 0 Å². The first-order valence-electron chi connectivity index (χ1n) is 5.68. The Balaban J connectivity index is 2.70. The van der Waals surface area contributed by atoms with Gasteiger partial charge in [-0.2, -0.15) is 0 Å². The molecule has 0 radical (unpaired) electrons. The summed E-state index contributed by atoms with van der Waals surface area (Å²) in [5, 5.41) is 0. The summed E-state index contributed by atoms with van der Waals surface area (Å²) in [4.78, 5) is 22.4. The molecule has 96 valence electrons. The fourth-order valence-electron chi connectivity index (χ4n) is 1.36. The highest BCUT2D eigenvalue weighted by Gasteiger charge is 2.05. The normalized spacial score (nSPS) is 10.3. The molecule has 0 N–H and O–H groups in total. The monoisotopic (exact) mass is 248 g/mol. The number of benzene rings is 1. The third-order valence-electron chi connectivity index (χ3n) is 2.22. The molecule has 1 rings (SSSR count). The first-order chi connectivity index (χ1) is 8.67. The Morgan fingerprint density at radius 1 is 1.33 bits per heavy atom. The van der Waals surface area contributed by atoms with Crippen LogP contribution in [0, 0.1) is 0 Å². The second-order valence-electron chi connectivity index (χ2n) is 3.53. The molecule has 4 nitrogen and oxygen atoms in total. The molecule has 0 atom stereocenters. The lowest BCUT2D eigenvalue weighted by molar-refractivity contribution is -0.139. The van der Waals surface area contributed by atoms with Crippen LogP contribution in [0.5, 0.6) is 0 Å². The number of hydrogen-bond acceptors (Lipinski definition) is 4. The van der Waals surface area contributed by atoms with Crippen molar-refractivity contribution in [2.75, 3.05) is 13.7 Å². The van der Waals surface area contributed by atoms with E-state index in [1.54, 1.807) is 37.3 Å². The number of rotatable bonds is 5. The maximum Gasteiger partial charge on any atom is 0.338 e. The lowest BCUT2D eigenvalue weighted by atomic mass is 10.1. The summed E-state index contributed by atoms with van der Waals surface area (Å²) < 4.78 is 9.42. The highest BCUT2D eigenvalue weighted by molar-refractivity contribution is 5.90. The van der Waals surface area contributed by atoms with Gasteiger partial charge in [-0.25, -0.2) is 4.79 Å². The molecule has 0 bridgehead atoms. The molecule has 0 amide bonds. The molecule has 0 aromatic heterocycles. The first kappa shape index (κ1) is 14.0. The van der Waals surface area contributed by atoms with E-state index in [1.807, 2.05) is 6.07 Å². The lowest BCUT2D eigenvalue weighted by Crippen LogP contribution is -2.04. The van der Waals surface area contributed by atoms with Crippen LogP contribution in [0.4, 0.5) is 0 Å². The second kappa shape index (κ2) is 7.27. The summed E-state index contributed by atoms with van der Waals surface area (Å²) >= 11 is 0. The number of methoxy groups -OCH3 is 1. The van der Waals surface area contributed by atoms with Crippen LogP contribution in [0.15, 0.2) is 30.3 Å². The number of carbonyl (C=O) groups excluding carboxylic acids is 2. The lowest BCUT2D eigenvalue weighted by Gasteiger charge is -2.02. The molecule has 0 saturated carbocycles. The molecule has 0 aliphatic heterocycles. The summed E-state index contributed by atoms with van der Waals surface area (Å²) in [6, 6.07) is 7.02. The van der Waals surface area contributed by atoms with Gasteiger partial charge in [0.25, 0.3) is 0 Å². The Kier molecular flexibility index (Phi) is 5.64. The first-order valence-corrected chi connectivity index (χ1v) is 5.68. The maximum absolute atomic E-state index is 11.5. The minimum Gasteiger partial charge on any atom is -0.469 e. The Morgan fingerprint density at radius 3 is 2.78 bits per heavy atom. The van der Waals surface area contributed by atoms with Crippen molar-refractivity contribution in [1.82, 2.24) is 0 Å². The van der Waals surface area contributed by atoms with Crippen molar-refractivity contribution in [3.05, 3.63) is 41.5 Å². The van der Waals surface area contributed by atoms with Gasteiger partial charge < -0.3 is 9.47 Å². The number of ether oxygens (including phenoxy) is 2. The van der Waals surface area contributed by atoms with Crippen LogP contribution in [0.25, 0.3) is 6.08 Å². The van der Waals surface area contributed by atoms with Gasteiger partial charge in [-0.1, -0.05) is 24.3 Å². The molecular formula is C14H16O4. The number of esters is 2. The van der Waals surface area contributed by atoms with Crippen molar-refractivity contribution in [3.63, 3.8) is 0 Å². The molecule has 0 fully saturated rings. The summed E-state index contributed by atoms with van der Waals surface area (Å²) in [6.07, 6.45) is 3.66. The van der Waals surface area contributed by atoms with E-state index in [-0.39, 0.29) is 18.4 Å². The molecule has 18 heavy (non-hydrogen) atoms. The van der Waals surface area contributed by atoms with Crippen molar-refractivity contribution in [2.24, 2.45) is 0 Å². The van der Waals surface area contributed by atoms with E-state index in [0.29, 0.717) is 12.2 Å². The van der Waals surface area contributed by atoms with Crippen molar-refractivity contribution in [1.29, 1.82) is 0 Å². The quantitative estimate of drug-likeness (QED) is 0.751. The Labute approximate surface area is 106 Å². The third kappa shape index (κ3) is 4.41. The van der Waals surface area contributed by atoms with Gasteiger partial charge in [-0.15, -0.1) is 0 Å². The number of carbonyl (C=O) groups is 2. The molecule has 0 spiro atoms. The minimum absolute atomic E-state index is 0.208. The second-order valence-corrected chi connectivity index (χ2v) is 3.53. The zero-order valence-electron chi connectivity index (χ0n) is 10.5. The maximum atomic E-state index is 11.5. The van der Waals surface area contributed by atoms with Crippen LogP contribution in [0.2, 0.25) is 0 Å². The Hall–Kier alpha value is -2.10. The molecule has 4 heteroatoms. The third-order valence-corrected chi connectivity index (χ3v) is 2.22. The van der Waals surface area contributed by atoms with Crippen LogP contribution in [-0.2, 0) is 14.3 Å². The number of hydrogen-bond donors (Lipinski definition) is 0. The zero-order valence-corrected chi connectivity index (χ0v) is 10.5. The molecule has 0 heterocycles. The van der Waals surface area contributed by atoms with Gasteiger partial charge in [-0.3, -0.25) is 4.79 Å². The van der Waals surface area contributed by atoms with Gasteiger partial charge >= 0.3 is 11.9 Å². The van der Waals surface area contributed by atoms with Crippen molar-refractivity contribution in [3.8, 4) is 0 Å². The van der Waals surface area contributed by atoms with E-state index >= 15 is 0 Å². The van der Waals surface area contributed by atoms with Gasteiger partial charge in [-0.05, 0) is 24.6 Å². The molecule has 0 unspecified atom stereocenters. The van der Waals surface area contributed by atoms with E-state index < -0.39 is 0 Å². The topological polar surface area (TPSA) is 52.6 Å². The van der Waals surface area contributed by atoms with Crippen LogP contribution in [0.1, 0.15) is 29.3 Å². The fourth-order valence-corrected chi connectivity index (χ4v) is 1.36. The molecule has 0 aliphatic carbocycles. The average molecular weight is 248 g/mol. The van der Waals surface area contributed by atoms with E-state index in [2.05, 4.69) is 4.74 Å². The van der Waals surface area contributed by atoms with E-state index in [4.69, 9.17) is 4.74 Å². The smallest absolute Gasteiger partial charge is 0.338 e. The van der Waals surface area contributed by atoms with Crippen LogP contribution in [0.3, 0.4) is 0 Å². The van der Waals surface area contributed by atoms with Gasteiger partial charge in [0.2, 0.25) is 0 Å². The van der Waals surface area contributed by atoms with Crippen LogP contribution >= 0.6 is 0 Å². The molecule has 1 aromatic carbocycles. The zero-order chi connectivity index (χ0) is 13.4. The van der Waals surface area contributed by atoms with Gasteiger partial charge in [0.1, 0.15) is 0 Å². The predicted molar refractivity (Wildman–Crippen MR) is 68.1 cm³/mol. The minimum atomic E-state index is -0.347. The molecule has 1 aromatic rings. The van der Waals surface area contributed by atoms with Gasteiger partial charge in [0.15, 0.2) is 0 Å². The Morgan fingerprint density at radius 2 is 2.11 bits per heavy atom. The highest BCUT2D eigenvalue weighted by atomic mass is 16.5. The van der Waals surface area contributed by atoms with Gasteiger partial charge in [0.05, 0.1) is 25.7 Å². The largest absolute Gasteiger partial charge is 0.469 e. The van der Waals surface area contributed by atoms with Crippen LogP contribution < -0.4 is 0 Å². The summed E-state index contributed by atoms with van der Waals surface area (Å²) in [6.45, 7) is 2.11.